The number of carbonyl (C=O) groups is 2. The summed E-state index contributed by atoms with van der Waals surface area (Å²) in [6.45, 7) is 10.9. The second-order valence-corrected chi connectivity index (χ2v) is 10.4. The molecule has 5 nitrogen and oxygen atoms in total. The van der Waals surface area contributed by atoms with Gasteiger partial charge in [0.25, 0.3) is 0 Å². The molecule has 0 radical (unpaired) electrons. The number of esters is 2. The molecule has 0 N–H and O–H groups in total. The van der Waals surface area contributed by atoms with E-state index >= 15 is 0 Å². The van der Waals surface area contributed by atoms with E-state index in [0.29, 0.717) is 6.42 Å². The molecule has 0 aliphatic rings. The van der Waals surface area contributed by atoms with Crippen LogP contribution in [0.3, 0.4) is 0 Å². The third-order valence-corrected chi connectivity index (χ3v) is 6.05. The average Bonchev–Trinajstić information content (AvgIpc) is 2.77. The summed E-state index contributed by atoms with van der Waals surface area (Å²) in [6.07, 6.45) is 16.8. The molecule has 0 aromatic carbocycles. The van der Waals surface area contributed by atoms with Crippen molar-refractivity contribution in [2.75, 3.05) is 13.7 Å². The lowest BCUT2D eigenvalue weighted by molar-refractivity contribution is -0.168. The molecule has 0 rings (SSSR count). The predicted octanol–water partition coefficient (Wildman–Crippen LogP) is 7.78. The number of methoxy groups -OCH3 is 1. The summed E-state index contributed by atoms with van der Waals surface area (Å²) < 4.78 is 17.0. The van der Waals surface area contributed by atoms with Gasteiger partial charge in [-0.3, -0.25) is 9.59 Å². The first-order valence-corrected chi connectivity index (χ1v) is 13.7. The minimum absolute atomic E-state index is 0.0200. The van der Waals surface area contributed by atoms with Gasteiger partial charge in [0.05, 0.1) is 18.6 Å². The molecule has 196 valence electrons. The van der Waals surface area contributed by atoms with Crippen molar-refractivity contribution < 1.29 is 23.8 Å². The van der Waals surface area contributed by atoms with Crippen molar-refractivity contribution in [2.24, 2.45) is 5.41 Å². The number of hydrogen-bond acceptors (Lipinski definition) is 5. The van der Waals surface area contributed by atoms with Gasteiger partial charge in [-0.05, 0) is 52.9 Å². The van der Waals surface area contributed by atoms with Crippen LogP contribution in [0.2, 0.25) is 0 Å². The van der Waals surface area contributed by atoms with Gasteiger partial charge in [0, 0.05) is 13.0 Å². The van der Waals surface area contributed by atoms with Crippen LogP contribution in [0.15, 0.2) is 0 Å². The van der Waals surface area contributed by atoms with E-state index < -0.39 is 5.41 Å². The zero-order valence-corrected chi connectivity index (χ0v) is 22.7. The van der Waals surface area contributed by atoms with E-state index in [1.54, 1.807) is 0 Å². The molecule has 5 heteroatoms. The Hall–Kier alpha value is -1.10. The largest absolute Gasteiger partial charge is 0.469 e. The first kappa shape index (κ1) is 31.9. The topological polar surface area (TPSA) is 61.8 Å². The Morgan fingerprint density at radius 1 is 0.697 bits per heavy atom. The molecule has 0 aromatic heterocycles. The Kier molecular flexibility index (Phi) is 19.6. The lowest BCUT2D eigenvalue weighted by atomic mass is 9.95. The summed E-state index contributed by atoms with van der Waals surface area (Å²) in [5.74, 6) is -0.275. The van der Waals surface area contributed by atoms with Crippen molar-refractivity contribution in [3.05, 3.63) is 0 Å². The van der Waals surface area contributed by atoms with E-state index in [4.69, 9.17) is 14.2 Å². The number of rotatable bonds is 21. The fraction of sp³-hybridized carbons (Fsp3) is 0.929. The Bertz CT molecular complexity index is 483. The van der Waals surface area contributed by atoms with E-state index in [2.05, 4.69) is 13.8 Å². The molecule has 2 atom stereocenters. The average molecular weight is 471 g/mol. The monoisotopic (exact) mass is 470 g/mol. The van der Waals surface area contributed by atoms with Crippen LogP contribution < -0.4 is 0 Å². The van der Waals surface area contributed by atoms with Gasteiger partial charge in [-0.15, -0.1) is 0 Å². The molecule has 0 aliphatic heterocycles. The smallest absolute Gasteiger partial charge is 0.311 e. The maximum absolute atomic E-state index is 12.7. The van der Waals surface area contributed by atoms with Crippen molar-refractivity contribution in [1.82, 2.24) is 0 Å². The summed E-state index contributed by atoms with van der Waals surface area (Å²) in [7, 11) is 1.44. The zero-order chi connectivity index (χ0) is 25.0. The highest BCUT2D eigenvalue weighted by Crippen LogP contribution is 2.24. The highest BCUT2D eigenvalue weighted by Gasteiger charge is 2.30. The molecule has 0 aromatic rings. The van der Waals surface area contributed by atoms with Gasteiger partial charge < -0.3 is 14.2 Å². The van der Waals surface area contributed by atoms with E-state index in [1.807, 2.05) is 20.8 Å². The van der Waals surface area contributed by atoms with Crippen LogP contribution in [-0.4, -0.2) is 37.9 Å². The number of hydrogen-bond donors (Lipinski definition) is 0. The maximum Gasteiger partial charge on any atom is 0.311 e. The molecule has 0 saturated heterocycles. The number of ether oxygens (including phenoxy) is 3. The number of unbranched alkanes of at least 4 members (excludes halogenated alkanes) is 10. The minimum atomic E-state index is -0.514. The second-order valence-electron chi connectivity index (χ2n) is 10.4. The SMILES string of the molecule is CCCCCCCCC(OCCCC)C(CCCCCCCC(=O)OC)OC(=O)C(C)(C)C. The molecule has 0 heterocycles. The van der Waals surface area contributed by atoms with Crippen LogP contribution in [0.25, 0.3) is 0 Å². The number of carbonyl (C=O) groups excluding carboxylic acids is 2. The van der Waals surface area contributed by atoms with Crippen LogP contribution in [0, 0.1) is 5.41 Å². The van der Waals surface area contributed by atoms with Crippen LogP contribution >= 0.6 is 0 Å². The predicted molar refractivity (Wildman–Crippen MR) is 136 cm³/mol. The molecular formula is C28H54O5. The van der Waals surface area contributed by atoms with E-state index in [1.165, 1.54) is 39.2 Å². The normalized spacial score (nSPS) is 13.5. The standard InChI is InChI=1S/C28H54O5/c1-7-9-11-12-14-17-20-24(32-23-10-8-2)25(33-27(30)28(3,4)5)21-18-15-13-16-19-22-26(29)31-6/h24-25H,7-23H2,1-6H3. The summed E-state index contributed by atoms with van der Waals surface area (Å²) >= 11 is 0. The van der Waals surface area contributed by atoms with Crippen molar-refractivity contribution in [3.63, 3.8) is 0 Å². The van der Waals surface area contributed by atoms with Crippen molar-refractivity contribution >= 4 is 11.9 Å². The van der Waals surface area contributed by atoms with Gasteiger partial charge in [0.15, 0.2) is 0 Å². The van der Waals surface area contributed by atoms with Crippen molar-refractivity contribution in [3.8, 4) is 0 Å². The van der Waals surface area contributed by atoms with Gasteiger partial charge in [0.1, 0.15) is 6.10 Å². The summed E-state index contributed by atoms with van der Waals surface area (Å²) in [5.41, 5.74) is -0.514. The Balaban J connectivity index is 4.80. The van der Waals surface area contributed by atoms with Gasteiger partial charge in [-0.2, -0.15) is 0 Å². The van der Waals surface area contributed by atoms with Crippen LogP contribution in [0.1, 0.15) is 137 Å². The van der Waals surface area contributed by atoms with E-state index in [-0.39, 0.29) is 24.1 Å². The molecule has 33 heavy (non-hydrogen) atoms. The maximum atomic E-state index is 12.7. The first-order valence-electron chi connectivity index (χ1n) is 13.7. The summed E-state index contributed by atoms with van der Waals surface area (Å²) in [6, 6.07) is 0. The molecular weight excluding hydrogens is 416 g/mol. The second kappa shape index (κ2) is 20.3. The van der Waals surface area contributed by atoms with Gasteiger partial charge >= 0.3 is 11.9 Å². The third kappa shape index (κ3) is 18.0. The molecule has 0 saturated carbocycles. The van der Waals surface area contributed by atoms with Crippen LogP contribution in [-0.2, 0) is 23.8 Å². The fourth-order valence-electron chi connectivity index (χ4n) is 3.76. The highest BCUT2D eigenvalue weighted by molar-refractivity contribution is 5.75. The third-order valence-electron chi connectivity index (χ3n) is 6.05. The van der Waals surface area contributed by atoms with E-state index in [9.17, 15) is 9.59 Å². The molecule has 0 aliphatic carbocycles. The van der Waals surface area contributed by atoms with Crippen LogP contribution in [0.4, 0.5) is 0 Å². The van der Waals surface area contributed by atoms with Crippen LogP contribution in [0.5, 0.6) is 0 Å². The molecule has 0 spiro atoms. The van der Waals surface area contributed by atoms with Gasteiger partial charge in [0.2, 0.25) is 0 Å². The Labute approximate surface area is 204 Å². The highest BCUT2D eigenvalue weighted by atomic mass is 16.6. The van der Waals surface area contributed by atoms with E-state index in [0.717, 1.165) is 70.8 Å². The quantitative estimate of drug-likeness (QED) is 0.127. The Morgan fingerprint density at radius 2 is 1.21 bits per heavy atom. The molecule has 0 bridgehead atoms. The molecule has 2 unspecified atom stereocenters. The van der Waals surface area contributed by atoms with Crippen molar-refractivity contribution in [2.45, 2.75) is 150 Å². The van der Waals surface area contributed by atoms with Crippen molar-refractivity contribution in [1.29, 1.82) is 0 Å². The minimum Gasteiger partial charge on any atom is -0.469 e. The summed E-state index contributed by atoms with van der Waals surface area (Å²) in [5, 5.41) is 0. The van der Waals surface area contributed by atoms with Gasteiger partial charge in [-0.25, -0.2) is 0 Å². The molecule has 0 amide bonds. The van der Waals surface area contributed by atoms with Gasteiger partial charge in [-0.1, -0.05) is 78.1 Å². The fourth-order valence-corrected chi connectivity index (χ4v) is 3.76. The lowest BCUT2D eigenvalue weighted by Gasteiger charge is -2.30. The lowest BCUT2D eigenvalue weighted by Crippen LogP contribution is -2.37. The Morgan fingerprint density at radius 3 is 1.76 bits per heavy atom. The molecule has 0 fully saturated rings. The summed E-state index contributed by atoms with van der Waals surface area (Å²) in [4.78, 5) is 23.9. The first-order chi connectivity index (χ1) is 15.8. The zero-order valence-electron chi connectivity index (χ0n) is 22.7.